The van der Waals surface area contributed by atoms with Crippen molar-refractivity contribution in [2.24, 2.45) is 11.3 Å². The molecule has 3 unspecified atom stereocenters. The number of hydrogen-bond donors (Lipinski definition) is 2. The molecule has 0 spiro atoms. The molecule has 4 heteroatoms. The van der Waals surface area contributed by atoms with Crippen LogP contribution in [0.2, 0.25) is 0 Å². The fourth-order valence-electron chi connectivity index (χ4n) is 2.20. The largest absolute Gasteiger partial charge is 0.391 e. The highest BCUT2D eigenvalue weighted by Gasteiger charge is 2.43. The Morgan fingerprint density at radius 1 is 1.40 bits per heavy atom. The van der Waals surface area contributed by atoms with Crippen LogP contribution in [0, 0.1) is 11.3 Å². The van der Waals surface area contributed by atoms with Crippen molar-refractivity contribution in [3.8, 4) is 0 Å². The molecule has 1 aliphatic carbocycles. The Morgan fingerprint density at radius 2 is 2.00 bits per heavy atom. The van der Waals surface area contributed by atoms with E-state index in [1.807, 2.05) is 32.9 Å². The maximum Gasteiger partial charge on any atom is 0.223 e. The van der Waals surface area contributed by atoms with Crippen LogP contribution in [-0.2, 0) is 4.79 Å². The van der Waals surface area contributed by atoms with E-state index in [4.69, 9.17) is 0 Å². The number of hydrogen-bond acceptors (Lipinski definition) is 2. The molecule has 20 heavy (non-hydrogen) atoms. The highest BCUT2D eigenvalue weighted by molar-refractivity contribution is 9.10. The Balaban J connectivity index is 1.83. The van der Waals surface area contributed by atoms with E-state index in [1.54, 1.807) is 0 Å². The van der Waals surface area contributed by atoms with Crippen molar-refractivity contribution in [2.75, 3.05) is 6.54 Å². The molecule has 1 amide bonds. The van der Waals surface area contributed by atoms with E-state index < -0.39 is 6.10 Å². The van der Waals surface area contributed by atoms with E-state index in [-0.39, 0.29) is 17.2 Å². The van der Waals surface area contributed by atoms with Crippen LogP contribution in [0.25, 0.3) is 0 Å². The molecule has 2 N–H and O–H groups in total. The van der Waals surface area contributed by atoms with Crippen molar-refractivity contribution in [3.05, 3.63) is 34.3 Å². The van der Waals surface area contributed by atoms with Crippen molar-refractivity contribution in [2.45, 2.75) is 39.2 Å². The number of aliphatic hydroxyl groups is 1. The van der Waals surface area contributed by atoms with E-state index in [9.17, 15) is 9.90 Å². The van der Waals surface area contributed by atoms with Crippen LogP contribution >= 0.6 is 15.9 Å². The summed E-state index contributed by atoms with van der Waals surface area (Å²) in [6, 6.07) is 8.13. The van der Waals surface area contributed by atoms with E-state index in [0.717, 1.165) is 10.9 Å². The molecule has 0 aromatic heterocycles. The molecule has 0 heterocycles. The first kappa shape index (κ1) is 15.5. The molecule has 0 bridgehead atoms. The first-order valence-corrected chi connectivity index (χ1v) is 7.79. The minimum Gasteiger partial charge on any atom is -0.391 e. The highest BCUT2D eigenvalue weighted by Crippen LogP contribution is 2.47. The molecule has 1 fully saturated rings. The van der Waals surface area contributed by atoms with Gasteiger partial charge in [0, 0.05) is 16.9 Å². The van der Waals surface area contributed by atoms with Gasteiger partial charge in [0.2, 0.25) is 5.91 Å². The molecule has 1 saturated carbocycles. The van der Waals surface area contributed by atoms with Gasteiger partial charge < -0.3 is 10.4 Å². The lowest BCUT2D eigenvalue weighted by Crippen LogP contribution is -2.39. The van der Waals surface area contributed by atoms with Crippen LogP contribution < -0.4 is 5.32 Å². The zero-order valence-electron chi connectivity index (χ0n) is 12.2. The topological polar surface area (TPSA) is 49.3 Å². The summed E-state index contributed by atoms with van der Waals surface area (Å²) < 4.78 is 1.05. The lowest BCUT2D eigenvalue weighted by Gasteiger charge is -2.25. The Hall–Kier alpha value is -0.870. The summed E-state index contributed by atoms with van der Waals surface area (Å²) in [7, 11) is 0. The van der Waals surface area contributed by atoms with Gasteiger partial charge in [0.25, 0.3) is 0 Å². The molecule has 110 valence electrons. The number of rotatable bonds is 4. The Kier molecular flexibility index (Phi) is 4.55. The van der Waals surface area contributed by atoms with Gasteiger partial charge >= 0.3 is 0 Å². The Bertz CT molecular complexity index is 478. The maximum absolute atomic E-state index is 12.1. The summed E-state index contributed by atoms with van der Waals surface area (Å²) in [6.07, 6.45) is 0.385. The first-order chi connectivity index (χ1) is 9.29. The Morgan fingerprint density at radius 3 is 2.55 bits per heavy atom. The van der Waals surface area contributed by atoms with Gasteiger partial charge in [0.1, 0.15) is 0 Å². The maximum atomic E-state index is 12.1. The normalized spacial score (nSPS) is 23.2. The molecule has 0 saturated heterocycles. The number of carbonyl (C=O) groups is 1. The van der Waals surface area contributed by atoms with Crippen LogP contribution in [0.1, 0.15) is 38.7 Å². The van der Waals surface area contributed by atoms with Crippen LogP contribution in [0.5, 0.6) is 0 Å². The summed E-state index contributed by atoms with van der Waals surface area (Å²) in [5, 5.41) is 12.8. The second kappa shape index (κ2) is 5.86. The zero-order chi connectivity index (χ0) is 14.9. The van der Waals surface area contributed by atoms with E-state index in [1.165, 1.54) is 5.56 Å². The number of amides is 1. The van der Waals surface area contributed by atoms with Crippen LogP contribution in [0.15, 0.2) is 28.7 Å². The van der Waals surface area contributed by atoms with E-state index in [2.05, 4.69) is 33.4 Å². The average Bonchev–Trinajstić information content (AvgIpc) is 3.15. The fraction of sp³-hybridized carbons (Fsp3) is 0.562. The van der Waals surface area contributed by atoms with Crippen molar-refractivity contribution >= 4 is 21.8 Å². The number of carbonyl (C=O) groups excluding carboxylic acids is 1. The quantitative estimate of drug-likeness (QED) is 0.885. The minimum atomic E-state index is -0.517. The molecule has 2 rings (SSSR count). The third-order valence-corrected chi connectivity index (χ3v) is 4.42. The zero-order valence-corrected chi connectivity index (χ0v) is 13.8. The molecule has 0 radical (unpaired) electrons. The van der Waals surface area contributed by atoms with Gasteiger partial charge in [-0.2, -0.15) is 0 Å². The van der Waals surface area contributed by atoms with Gasteiger partial charge in [-0.1, -0.05) is 48.8 Å². The molecular formula is C16H22BrNO2. The summed E-state index contributed by atoms with van der Waals surface area (Å²) >= 11 is 3.41. The third kappa shape index (κ3) is 3.83. The minimum absolute atomic E-state index is 0.0567. The predicted octanol–water partition coefficient (Wildman–Crippen LogP) is 3.08. The van der Waals surface area contributed by atoms with Gasteiger partial charge in [-0.15, -0.1) is 0 Å². The molecule has 0 aliphatic heterocycles. The van der Waals surface area contributed by atoms with Gasteiger partial charge in [-0.25, -0.2) is 0 Å². The standard InChI is InChI=1S/C16H22BrNO2/c1-16(2,3)14(19)9-18-15(20)13-8-12(13)10-4-6-11(17)7-5-10/h4-7,12-14,19H,8-9H2,1-3H3,(H,18,20). The van der Waals surface area contributed by atoms with Gasteiger partial charge in [0.15, 0.2) is 0 Å². The number of aliphatic hydroxyl groups excluding tert-OH is 1. The smallest absolute Gasteiger partial charge is 0.223 e. The summed E-state index contributed by atoms with van der Waals surface area (Å²) in [4.78, 5) is 12.1. The van der Waals surface area contributed by atoms with Crippen molar-refractivity contribution < 1.29 is 9.90 Å². The predicted molar refractivity (Wildman–Crippen MR) is 83.5 cm³/mol. The molecule has 1 aromatic carbocycles. The number of halogens is 1. The second-order valence-corrected chi connectivity index (χ2v) is 7.54. The van der Waals surface area contributed by atoms with Crippen LogP contribution in [0.4, 0.5) is 0 Å². The van der Waals surface area contributed by atoms with Gasteiger partial charge in [0.05, 0.1) is 6.10 Å². The molecule has 3 atom stereocenters. The third-order valence-electron chi connectivity index (χ3n) is 3.89. The average molecular weight is 340 g/mol. The van der Waals surface area contributed by atoms with Crippen molar-refractivity contribution in [3.63, 3.8) is 0 Å². The second-order valence-electron chi connectivity index (χ2n) is 6.63. The molecule has 3 nitrogen and oxygen atoms in total. The molecule has 1 aliphatic rings. The SMILES string of the molecule is CC(C)(C)C(O)CNC(=O)C1CC1c1ccc(Br)cc1. The monoisotopic (exact) mass is 339 g/mol. The lowest BCUT2D eigenvalue weighted by molar-refractivity contribution is -0.123. The summed E-state index contributed by atoms with van der Waals surface area (Å²) in [5.41, 5.74) is 1.01. The van der Waals surface area contributed by atoms with Gasteiger partial charge in [-0.05, 0) is 35.4 Å². The molecular weight excluding hydrogens is 318 g/mol. The van der Waals surface area contributed by atoms with Crippen LogP contribution in [0.3, 0.4) is 0 Å². The summed E-state index contributed by atoms with van der Waals surface area (Å²) in [5.74, 6) is 0.444. The Labute approximate surface area is 128 Å². The van der Waals surface area contributed by atoms with Gasteiger partial charge in [-0.3, -0.25) is 4.79 Å². The van der Waals surface area contributed by atoms with E-state index >= 15 is 0 Å². The fourth-order valence-corrected chi connectivity index (χ4v) is 2.46. The highest BCUT2D eigenvalue weighted by atomic mass is 79.9. The van der Waals surface area contributed by atoms with Crippen molar-refractivity contribution in [1.29, 1.82) is 0 Å². The first-order valence-electron chi connectivity index (χ1n) is 7.00. The van der Waals surface area contributed by atoms with Crippen molar-refractivity contribution in [1.82, 2.24) is 5.32 Å². The van der Waals surface area contributed by atoms with Crippen LogP contribution in [-0.4, -0.2) is 23.7 Å². The van der Waals surface area contributed by atoms with E-state index in [0.29, 0.717) is 12.5 Å². The number of benzene rings is 1. The summed E-state index contributed by atoms with van der Waals surface area (Å²) in [6.45, 7) is 6.22. The molecule has 1 aromatic rings. The number of nitrogens with one attached hydrogen (secondary N) is 1. The lowest BCUT2D eigenvalue weighted by atomic mass is 9.89.